The Morgan fingerprint density at radius 3 is 2.33 bits per heavy atom. The Kier molecular flexibility index (Phi) is 7.49. The number of rotatable bonds is 8. The van der Waals surface area contributed by atoms with Crippen molar-refractivity contribution in [2.24, 2.45) is 11.8 Å². The lowest BCUT2D eigenvalue weighted by Crippen LogP contribution is -2.15. The van der Waals surface area contributed by atoms with E-state index in [2.05, 4.69) is 6.58 Å². The van der Waals surface area contributed by atoms with Crippen molar-refractivity contribution in [2.45, 2.75) is 40.2 Å². The van der Waals surface area contributed by atoms with Crippen molar-refractivity contribution in [3.63, 3.8) is 0 Å². The standard InChI is InChI=1S/C19H26O5/c1-7-15(23-18(20)10-12(2)3)14-8-9-16(17(11-14)22-6)24-19(21)13(4)5/h7-9,11-13,15H,1,10H2,2-6H3/t15-/m1/s1. The summed E-state index contributed by atoms with van der Waals surface area (Å²) in [4.78, 5) is 23.6. The minimum atomic E-state index is -0.583. The number of esters is 2. The predicted molar refractivity (Wildman–Crippen MR) is 92.0 cm³/mol. The molecule has 0 fully saturated rings. The van der Waals surface area contributed by atoms with Crippen LogP contribution in [0.15, 0.2) is 30.9 Å². The molecule has 0 unspecified atom stereocenters. The molecule has 132 valence electrons. The Bertz CT molecular complexity index is 589. The molecular formula is C19H26O5. The number of hydrogen-bond donors (Lipinski definition) is 0. The first-order valence-corrected chi connectivity index (χ1v) is 8.00. The van der Waals surface area contributed by atoms with Crippen molar-refractivity contribution in [3.8, 4) is 11.5 Å². The normalized spacial score (nSPS) is 12.0. The van der Waals surface area contributed by atoms with Crippen LogP contribution < -0.4 is 9.47 Å². The fourth-order valence-electron chi connectivity index (χ4n) is 1.95. The Labute approximate surface area is 143 Å². The maximum atomic E-state index is 11.9. The van der Waals surface area contributed by atoms with Crippen LogP contribution in [0, 0.1) is 11.8 Å². The highest BCUT2D eigenvalue weighted by Gasteiger charge is 2.18. The second kappa shape index (κ2) is 9.11. The fraction of sp³-hybridized carbons (Fsp3) is 0.474. The quantitative estimate of drug-likeness (QED) is 0.407. The summed E-state index contributed by atoms with van der Waals surface area (Å²) < 4.78 is 16.0. The number of carbonyl (C=O) groups is 2. The highest BCUT2D eigenvalue weighted by molar-refractivity contribution is 5.75. The number of ether oxygens (including phenoxy) is 3. The van der Waals surface area contributed by atoms with E-state index >= 15 is 0 Å². The van der Waals surface area contributed by atoms with Gasteiger partial charge in [0.05, 0.1) is 13.0 Å². The summed E-state index contributed by atoms with van der Waals surface area (Å²) in [5.41, 5.74) is 0.698. The van der Waals surface area contributed by atoms with Crippen LogP contribution in [0.25, 0.3) is 0 Å². The molecule has 5 nitrogen and oxygen atoms in total. The monoisotopic (exact) mass is 334 g/mol. The van der Waals surface area contributed by atoms with E-state index in [1.54, 1.807) is 38.1 Å². The van der Waals surface area contributed by atoms with Crippen LogP contribution in [-0.4, -0.2) is 19.0 Å². The molecule has 1 atom stereocenters. The maximum Gasteiger partial charge on any atom is 0.313 e. The molecule has 0 spiro atoms. The molecule has 0 saturated carbocycles. The van der Waals surface area contributed by atoms with Crippen LogP contribution in [0.2, 0.25) is 0 Å². The topological polar surface area (TPSA) is 61.8 Å². The molecule has 0 aliphatic carbocycles. The molecule has 1 aromatic rings. The summed E-state index contributed by atoms with van der Waals surface area (Å²) in [6.45, 7) is 11.1. The van der Waals surface area contributed by atoms with Crippen molar-refractivity contribution in [1.29, 1.82) is 0 Å². The first-order chi connectivity index (χ1) is 11.3. The smallest absolute Gasteiger partial charge is 0.313 e. The van der Waals surface area contributed by atoms with Crippen LogP contribution in [0.3, 0.4) is 0 Å². The van der Waals surface area contributed by atoms with Crippen molar-refractivity contribution < 1.29 is 23.8 Å². The first kappa shape index (κ1) is 19.7. The summed E-state index contributed by atoms with van der Waals surface area (Å²) >= 11 is 0. The van der Waals surface area contributed by atoms with E-state index in [-0.39, 0.29) is 23.8 Å². The van der Waals surface area contributed by atoms with E-state index in [1.807, 2.05) is 13.8 Å². The molecule has 0 aromatic heterocycles. The molecule has 5 heteroatoms. The van der Waals surface area contributed by atoms with Gasteiger partial charge < -0.3 is 14.2 Å². The summed E-state index contributed by atoms with van der Waals surface area (Å²) in [5.74, 6) is 0.0704. The molecule has 0 N–H and O–H groups in total. The SMILES string of the molecule is C=C[C@@H](OC(=O)CC(C)C)c1ccc(OC(=O)C(C)C)c(OC)c1. The lowest BCUT2D eigenvalue weighted by atomic mass is 10.1. The Balaban J connectivity index is 2.97. The van der Waals surface area contributed by atoms with E-state index in [0.29, 0.717) is 23.5 Å². The van der Waals surface area contributed by atoms with E-state index < -0.39 is 6.10 Å². The molecule has 0 radical (unpaired) electrons. The molecule has 1 rings (SSSR count). The first-order valence-electron chi connectivity index (χ1n) is 8.00. The third kappa shape index (κ3) is 5.72. The number of carbonyl (C=O) groups excluding carboxylic acids is 2. The lowest BCUT2D eigenvalue weighted by Gasteiger charge is -2.17. The van der Waals surface area contributed by atoms with Gasteiger partial charge in [-0.15, -0.1) is 0 Å². The predicted octanol–water partition coefficient (Wildman–Crippen LogP) is 4.07. The van der Waals surface area contributed by atoms with Crippen molar-refractivity contribution in [2.75, 3.05) is 7.11 Å². The van der Waals surface area contributed by atoms with Gasteiger partial charge in [-0.2, -0.15) is 0 Å². The molecular weight excluding hydrogens is 308 g/mol. The van der Waals surface area contributed by atoms with Gasteiger partial charge >= 0.3 is 11.9 Å². The zero-order valence-electron chi connectivity index (χ0n) is 15.0. The second-order valence-electron chi connectivity index (χ2n) is 6.23. The summed E-state index contributed by atoms with van der Waals surface area (Å²) in [7, 11) is 1.49. The van der Waals surface area contributed by atoms with Gasteiger partial charge in [0.2, 0.25) is 0 Å². The lowest BCUT2D eigenvalue weighted by molar-refractivity contribution is -0.148. The van der Waals surface area contributed by atoms with Gasteiger partial charge in [-0.05, 0) is 24.1 Å². The maximum absolute atomic E-state index is 11.9. The molecule has 0 amide bonds. The third-order valence-electron chi connectivity index (χ3n) is 3.25. The fourth-order valence-corrected chi connectivity index (χ4v) is 1.95. The Morgan fingerprint density at radius 2 is 1.83 bits per heavy atom. The summed E-state index contributed by atoms with van der Waals surface area (Å²) in [6.07, 6.45) is 1.30. The van der Waals surface area contributed by atoms with E-state index in [0.717, 1.165) is 0 Å². The van der Waals surface area contributed by atoms with Crippen LogP contribution in [0.5, 0.6) is 11.5 Å². The van der Waals surface area contributed by atoms with Crippen molar-refractivity contribution in [3.05, 3.63) is 36.4 Å². The van der Waals surface area contributed by atoms with Gasteiger partial charge in [0, 0.05) is 12.0 Å². The molecule has 24 heavy (non-hydrogen) atoms. The van der Waals surface area contributed by atoms with Gasteiger partial charge in [0.25, 0.3) is 0 Å². The van der Waals surface area contributed by atoms with Crippen LogP contribution >= 0.6 is 0 Å². The number of methoxy groups -OCH3 is 1. The Hall–Kier alpha value is -2.30. The molecule has 0 bridgehead atoms. The zero-order valence-corrected chi connectivity index (χ0v) is 15.0. The van der Waals surface area contributed by atoms with Gasteiger partial charge in [-0.3, -0.25) is 9.59 Å². The van der Waals surface area contributed by atoms with Crippen LogP contribution in [-0.2, 0) is 14.3 Å². The average Bonchev–Trinajstić information content (AvgIpc) is 2.52. The molecule has 0 aliphatic heterocycles. The number of hydrogen-bond acceptors (Lipinski definition) is 5. The minimum Gasteiger partial charge on any atom is -0.493 e. The second-order valence-corrected chi connectivity index (χ2v) is 6.23. The van der Waals surface area contributed by atoms with Gasteiger partial charge in [-0.1, -0.05) is 40.3 Å². The zero-order chi connectivity index (χ0) is 18.3. The van der Waals surface area contributed by atoms with E-state index in [9.17, 15) is 9.59 Å². The Morgan fingerprint density at radius 1 is 1.17 bits per heavy atom. The van der Waals surface area contributed by atoms with Crippen molar-refractivity contribution >= 4 is 11.9 Å². The highest BCUT2D eigenvalue weighted by Crippen LogP contribution is 2.32. The molecule has 0 aliphatic rings. The van der Waals surface area contributed by atoms with Crippen LogP contribution in [0.1, 0.15) is 45.8 Å². The number of benzene rings is 1. The highest BCUT2D eigenvalue weighted by atomic mass is 16.6. The summed E-state index contributed by atoms with van der Waals surface area (Å²) in [6, 6.07) is 5.03. The molecule has 1 aromatic carbocycles. The summed E-state index contributed by atoms with van der Waals surface area (Å²) in [5, 5.41) is 0. The third-order valence-corrected chi connectivity index (χ3v) is 3.25. The van der Waals surface area contributed by atoms with Gasteiger partial charge in [0.15, 0.2) is 11.5 Å². The average molecular weight is 334 g/mol. The largest absolute Gasteiger partial charge is 0.493 e. The minimum absolute atomic E-state index is 0.218. The molecule has 0 saturated heterocycles. The van der Waals surface area contributed by atoms with Crippen molar-refractivity contribution in [1.82, 2.24) is 0 Å². The van der Waals surface area contributed by atoms with Crippen LogP contribution in [0.4, 0.5) is 0 Å². The van der Waals surface area contributed by atoms with E-state index in [4.69, 9.17) is 14.2 Å². The van der Waals surface area contributed by atoms with Gasteiger partial charge in [0.1, 0.15) is 6.10 Å². The van der Waals surface area contributed by atoms with E-state index in [1.165, 1.54) is 7.11 Å². The van der Waals surface area contributed by atoms with Gasteiger partial charge in [-0.25, -0.2) is 0 Å². The molecule has 0 heterocycles.